The van der Waals surface area contributed by atoms with Crippen LogP contribution in [-0.4, -0.2) is 24.2 Å². The van der Waals surface area contributed by atoms with E-state index in [4.69, 9.17) is 0 Å². The molecule has 0 radical (unpaired) electrons. The Labute approximate surface area is 161 Å². The van der Waals surface area contributed by atoms with Crippen LogP contribution in [0.4, 0.5) is 17.1 Å². The lowest BCUT2D eigenvalue weighted by molar-refractivity contribution is -0.384. The highest BCUT2D eigenvalue weighted by Crippen LogP contribution is 2.26. The minimum atomic E-state index is -0.374. The zero-order valence-electron chi connectivity index (χ0n) is 16.4. The van der Waals surface area contributed by atoms with Crippen molar-refractivity contribution in [2.24, 2.45) is 16.9 Å². The summed E-state index contributed by atoms with van der Waals surface area (Å²) in [6, 6.07) is 14.6. The van der Waals surface area contributed by atoms with Crippen molar-refractivity contribution in [1.82, 2.24) is 0 Å². The van der Waals surface area contributed by atoms with E-state index in [2.05, 4.69) is 43.1 Å². The SMILES string of the molecule is CC(C)CN(CC(C)C)c1ccc([N+](=O)[O-])cc1/C=N\Nc1ccccc1. The zero-order valence-corrected chi connectivity index (χ0v) is 16.4. The topological polar surface area (TPSA) is 70.8 Å². The van der Waals surface area contributed by atoms with Gasteiger partial charge in [0.05, 0.1) is 16.8 Å². The number of nitrogens with zero attached hydrogens (tertiary/aromatic N) is 3. The van der Waals surface area contributed by atoms with Gasteiger partial charge >= 0.3 is 0 Å². The van der Waals surface area contributed by atoms with E-state index in [0.29, 0.717) is 11.8 Å². The lowest BCUT2D eigenvalue weighted by Crippen LogP contribution is -2.32. The first-order chi connectivity index (χ1) is 12.9. The Bertz CT molecular complexity index is 763. The largest absolute Gasteiger partial charge is 0.370 e. The number of anilines is 2. The normalized spacial score (nSPS) is 11.3. The van der Waals surface area contributed by atoms with Crippen molar-refractivity contribution >= 4 is 23.3 Å². The molecule has 0 fully saturated rings. The summed E-state index contributed by atoms with van der Waals surface area (Å²) in [6.07, 6.45) is 1.66. The smallest absolute Gasteiger partial charge is 0.270 e. The standard InChI is InChI=1S/C21H28N4O2/c1-16(2)14-24(15-17(3)4)21-11-10-20(25(26)27)12-18(21)13-22-23-19-8-6-5-7-9-19/h5-13,16-17,23H,14-15H2,1-4H3/b22-13-. The molecule has 0 saturated heterocycles. The average Bonchev–Trinajstić information content (AvgIpc) is 2.61. The third-order valence-electron chi connectivity index (χ3n) is 3.90. The van der Waals surface area contributed by atoms with Crippen molar-refractivity contribution in [2.75, 3.05) is 23.4 Å². The zero-order chi connectivity index (χ0) is 19.8. The fraction of sp³-hybridized carbons (Fsp3) is 0.381. The minimum absolute atomic E-state index is 0.0638. The highest BCUT2D eigenvalue weighted by Gasteiger charge is 2.17. The van der Waals surface area contributed by atoms with Gasteiger partial charge in [0.2, 0.25) is 0 Å². The molecule has 0 aliphatic carbocycles. The number of nitro groups is 1. The molecule has 2 rings (SSSR count). The first kappa shape index (κ1) is 20.4. The monoisotopic (exact) mass is 368 g/mol. The van der Waals surface area contributed by atoms with Gasteiger partial charge in [0.1, 0.15) is 0 Å². The average molecular weight is 368 g/mol. The Hall–Kier alpha value is -2.89. The fourth-order valence-electron chi connectivity index (χ4n) is 2.89. The number of hydrogen-bond donors (Lipinski definition) is 1. The molecule has 0 heterocycles. The van der Waals surface area contributed by atoms with Gasteiger partial charge < -0.3 is 4.90 Å². The summed E-state index contributed by atoms with van der Waals surface area (Å²) in [7, 11) is 0. The number of para-hydroxylation sites is 1. The lowest BCUT2D eigenvalue weighted by atomic mass is 10.1. The van der Waals surface area contributed by atoms with Gasteiger partial charge in [-0.3, -0.25) is 15.5 Å². The van der Waals surface area contributed by atoms with Gasteiger partial charge in [-0.1, -0.05) is 45.9 Å². The predicted molar refractivity (Wildman–Crippen MR) is 113 cm³/mol. The molecule has 0 atom stereocenters. The van der Waals surface area contributed by atoms with E-state index in [-0.39, 0.29) is 10.6 Å². The second-order valence-electron chi connectivity index (χ2n) is 7.43. The second kappa shape index (κ2) is 9.71. The van der Waals surface area contributed by atoms with Crippen LogP contribution in [0.5, 0.6) is 0 Å². The number of rotatable bonds is 9. The van der Waals surface area contributed by atoms with Crippen molar-refractivity contribution in [3.8, 4) is 0 Å². The maximum atomic E-state index is 11.2. The summed E-state index contributed by atoms with van der Waals surface area (Å²) >= 11 is 0. The molecule has 0 spiro atoms. The number of nitrogens with one attached hydrogen (secondary N) is 1. The Balaban J connectivity index is 2.35. The first-order valence-corrected chi connectivity index (χ1v) is 9.24. The van der Waals surface area contributed by atoms with Crippen LogP contribution < -0.4 is 10.3 Å². The van der Waals surface area contributed by atoms with E-state index in [1.165, 1.54) is 0 Å². The van der Waals surface area contributed by atoms with Gasteiger partial charge in [-0.05, 0) is 30.0 Å². The highest BCUT2D eigenvalue weighted by atomic mass is 16.6. The van der Waals surface area contributed by atoms with Gasteiger partial charge in [0.15, 0.2) is 0 Å². The number of nitro benzene ring substituents is 1. The van der Waals surface area contributed by atoms with Crippen molar-refractivity contribution in [3.05, 3.63) is 64.2 Å². The number of hydrazone groups is 1. The Morgan fingerprint density at radius 1 is 1.07 bits per heavy atom. The van der Waals surface area contributed by atoms with Gasteiger partial charge in [0.25, 0.3) is 5.69 Å². The molecular formula is C21H28N4O2. The van der Waals surface area contributed by atoms with Crippen LogP contribution in [0, 0.1) is 22.0 Å². The first-order valence-electron chi connectivity index (χ1n) is 9.24. The summed E-state index contributed by atoms with van der Waals surface area (Å²) in [5, 5.41) is 15.5. The third-order valence-corrected chi connectivity index (χ3v) is 3.90. The highest BCUT2D eigenvalue weighted by molar-refractivity contribution is 5.89. The van der Waals surface area contributed by atoms with Crippen molar-refractivity contribution in [3.63, 3.8) is 0 Å². The molecule has 1 N–H and O–H groups in total. The van der Waals surface area contributed by atoms with Crippen molar-refractivity contribution < 1.29 is 4.92 Å². The molecule has 144 valence electrons. The molecule has 27 heavy (non-hydrogen) atoms. The third kappa shape index (κ3) is 6.40. The summed E-state index contributed by atoms with van der Waals surface area (Å²) < 4.78 is 0. The molecule has 2 aromatic rings. The van der Waals surface area contributed by atoms with Gasteiger partial charge in [0, 0.05) is 36.5 Å². The maximum Gasteiger partial charge on any atom is 0.270 e. The minimum Gasteiger partial charge on any atom is -0.370 e. The molecule has 0 aliphatic rings. The van der Waals surface area contributed by atoms with Crippen LogP contribution in [-0.2, 0) is 0 Å². The van der Waals surface area contributed by atoms with Crippen molar-refractivity contribution in [1.29, 1.82) is 0 Å². The molecule has 2 aromatic carbocycles. The molecule has 0 amide bonds. The Kier molecular flexibility index (Phi) is 7.34. The van der Waals surface area contributed by atoms with Crippen LogP contribution in [0.1, 0.15) is 33.3 Å². The van der Waals surface area contributed by atoms with Crippen LogP contribution in [0.15, 0.2) is 53.6 Å². The molecule has 6 nitrogen and oxygen atoms in total. The van der Waals surface area contributed by atoms with E-state index in [0.717, 1.165) is 30.0 Å². The number of non-ortho nitro benzene ring substituents is 1. The second-order valence-corrected chi connectivity index (χ2v) is 7.43. The Morgan fingerprint density at radius 3 is 2.26 bits per heavy atom. The van der Waals surface area contributed by atoms with Crippen LogP contribution in [0.3, 0.4) is 0 Å². The maximum absolute atomic E-state index is 11.2. The van der Waals surface area contributed by atoms with Crippen LogP contribution in [0.2, 0.25) is 0 Å². The molecular weight excluding hydrogens is 340 g/mol. The van der Waals surface area contributed by atoms with Gasteiger partial charge in [-0.15, -0.1) is 0 Å². The molecule has 0 aliphatic heterocycles. The molecule has 6 heteroatoms. The summed E-state index contributed by atoms with van der Waals surface area (Å²) in [6.45, 7) is 10.4. The van der Waals surface area contributed by atoms with E-state index in [1.54, 1.807) is 18.3 Å². The predicted octanol–water partition coefficient (Wildman–Crippen LogP) is 5.16. The quantitative estimate of drug-likeness (QED) is 0.377. The van der Waals surface area contributed by atoms with Gasteiger partial charge in [-0.25, -0.2) is 0 Å². The van der Waals surface area contributed by atoms with E-state index < -0.39 is 0 Å². The molecule has 0 unspecified atom stereocenters. The Morgan fingerprint density at radius 2 is 1.70 bits per heavy atom. The van der Waals surface area contributed by atoms with Crippen LogP contribution >= 0.6 is 0 Å². The summed E-state index contributed by atoms with van der Waals surface area (Å²) in [4.78, 5) is 13.1. The summed E-state index contributed by atoms with van der Waals surface area (Å²) in [5.74, 6) is 0.956. The van der Waals surface area contributed by atoms with Gasteiger partial charge in [-0.2, -0.15) is 5.10 Å². The van der Waals surface area contributed by atoms with E-state index in [1.807, 2.05) is 36.4 Å². The molecule has 0 saturated carbocycles. The lowest BCUT2D eigenvalue weighted by Gasteiger charge is -2.29. The van der Waals surface area contributed by atoms with Crippen LogP contribution in [0.25, 0.3) is 0 Å². The number of benzene rings is 2. The van der Waals surface area contributed by atoms with E-state index >= 15 is 0 Å². The molecule has 0 bridgehead atoms. The van der Waals surface area contributed by atoms with E-state index in [9.17, 15) is 10.1 Å². The molecule has 0 aromatic heterocycles. The number of hydrogen-bond acceptors (Lipinski definition) is 5. The van der Waals surface area contributed by atoms with Crippen molar-refractivity contribution in [2.45, 2.75) is 27.7 Å². The summed E-state index contributed by atoms with van der Waals surface area (Å²) in [5.41, 5.74) is 5.59. The fourth-order valence-corrected chi connectivity index (χ4v) is 2.89.